The van der Waals surface area contributed by atoms with E-state index in [0.29, 0.717) is 16.9 Å². The first-order valence-corrected chi connectivity index (χ1v) is 6.52. The van der Waals surface area contributed by atoms with Crippen LogP contribution in [-0.2, 0) is 4.79 Å². The van der Waals surface area contributed by atoms with E-state index in [1.165, 1.54) is 17.8 Å². The first-order chi connectivity index (χ1) is 8.04. The Hall–Kier alpha value is -1.49. The molecule has 0 unspecified atom stereocenters. The number of aryl methyl sites for hydroxylation is 1. The van der Waals surface area contributed by atoms with Crippen molar-refractivity contribution in [1.29, 1.82) is 0 Å². The van der Waals surface area contributed by atoms with Gasteiger partial charge in [0.05, 0.1) is 12.3 Å². The number of amides is 1. The SMILES string of the molecule is CSCC(=O)NCC(=O)c1ccc(O)c(C)c1. The van der Waals surface area contributed by atoms with Gasteiger partial charge < -0.3 is 10.4 Å². The van der Waals surface area contributed by atoms with Crippen molar-refractivity contribution >= 4 is 23.5 Å². The lowest BCUT2D eigenvalue weighted by molar-refractivity contribution is -0.118. The second kappa shape index (κ2) is 6.30. The molecular weight excluding hydrogens is 238 g/mol. The molecule has 0 bridgehead atoms. The zero-order chi connectivity index (χ0) is 12.8. The van der Waals surface area contributed by atoms with Crippen LogP contribution in [0.3, 0.4) is 0 Å². The first-order valence-electron chi connectivity index (χ1n) is 5.13. The van der Waals surface area contributed by atoms with Crippen molar-refractivity contribution in [2.75, 3.05) is 18.6 Å². The predicted molar refractivity (Wildman–Crippen MR) is 68.6 cm³/mol. The molecule has 0 spiro atoms. The summed E-state index contributed by atoms with van der Waals surface area (Å²) in [5.41, 5.74) is 1.14. The van der Waals surface area contributed by atoms with Crippen LogP contribution < -0.4 is 5.32 Å². The van der Waals surface area contributed by atoms with Gasteiger partial charge in [-0.05, 0) is 36.9 Å². The van der Waals surface area contributed by atoms with Gasteiger partial charge in [0.2, 0.25) is 5.91 Å². The molecule has 0 aliphatic rings. The molecule has 0 aromatic heterocycles. The van der Waals surface area contributed by atoms with E-state index in [-0.39, 0.29) is 24.0 Å². The molecule has 1 aromatic rings. The van der Waals surface area contributed by atoms with Gasteiger partial charge in [0.15, 0.2) is 5.78 Å². The summed E-state index contributed by atoms with van der Waals surface area (Å²) in [7, 11) is 0. The smallest absolute Gasteiger partial charge is 0.230 e. The van der Waals surface area contributed by atoms with E-state index in [1.807, 2.05) is 6.26 Å². The van der Waals surface area contributed by atoms with E-state index in [2.05, 4.69) is 5.32 Å². The zero-order valence-electron chi connectivity index (χ0n) is 9.82. The molecular formula is C12H15NO3S. The molecule has 0 radical (unpaired) electrons. The standard InChI is InChI=1S/C12H15NO3S/c1-8-5-9(3-4-10(8)14)11(15)6-13-12(16)7-17-2/h3-5,14H,6-7H2,1-2H3,(H,13,16). The molecule has 0 atom stereocenters. The number of ketones is 1. The lowest BCUT2D eigenvalue weighted by Gasteiger charge is -2.05. The van der Waals surface area contributed by atoms with Gasteiger partial charge in [0.25, 0.3) is 0 Å². The molecule has 17 heavy (non-hydrogen) atoms. The summed E-state index contributed by atoms with van der Waals surface area (Å²) in [5.74, 6) is 0.193. The van der Waals surface area contributed by atoms with E-state index >= 15 is 0 Å². The topological polar surface area (TPSA) is 66.4 Å². The molecule has 5 heteroatoms. The average Bonchev–Trinajstić information content (AvgIpc) is 2.30. The fraction of sp³-hybridized carbons (Fsp3) is 0.333. The van der Waals surface area contributed by atoms with Gasteiger partial charge in [-0.3, -0.25) is 9.59 Å². The van der Waals surface area contributed by atoms with Gasteiger partial charge in [0, 0.05) is 5.56 Å². The fourth-order valence-corrected chi connectivity index (χ4v) is 1.66. The summed E-state index contributed by atoms with van der Waals surface area (Å²) in [5, 5.41) is 11.9. The van der Waals surface area contributed by atoms with Crippen molar-refractivity contribution < 1.29 is 14.7 Å². The van der Waals surface area contributed by atoms with Crippen molar-refractivity contribution in [2.24, 2.45) is 0 Å². The molecule has 0 saturated carbocycles. The van der Waals surface area contributed by atoms with E-state index < -0.39 is 0 Å². The Morgan fingerprint density at radius 3 is 2.71 bits per heavy atom. The van der Waals surface area contributed by atoms with Crippen LogP contribution in [0.15, 0.2) is 18.2 Å². The number of carbonyl (C=O) groups excluding carboxylic acids is 2. The number of aromatic hydroxyl groups is 1. The Balaban J connectivity index is 2.58. The van der Waals surface area contributed by atoms with Crippen molar-refractivity contribution in [3.8, 4) is 5.75 Å². The van der Waals surface area contributed by atoms with E-state index in [4.69, 9.17) is 0 Å². The van der Waals surface area contributed by atoms with Crippen LogP contribution in [0, 0.1) is 6.92 Å². The van der Waals surface area contributed by atoms with Crippen molar-refractivity contribution in [2.45, 2.75) is 6.92 Å². The minimum absolute atomic E-state index is 0.0103. The zero-order valence-corrected chi connectivity index (χ0v) is 10.6. The molecule has 0 fully saturated rings. The Bertz CT molecular complexity index is 432. The summed E-state index contributed by atoms with van der Waals surface area (Å²) in [6.45, 7) is 1.71. The maximum atomic E-state index is 11.7. The largest absolute Gasteiger partial charge is 0.508 e. The van der Waals surface area contributed by atoms with E-state index in [0.717, 1.165) is 0 Å². The Morgan fingerprint density at radius 2 is 2.12 bits per heavy atom. The number of benzene rings is 1. The van der Waals surface area contributed by atoms with Crippen LogP contribution in [0.25, 0.3) is 0 Å². The monoisotopic (exact) mass is 253 g/mol. The number of nitrogens with one attached hydrogen (secondary N) is 1. The number of thioether (sulfide) groups is 1. The van der Waals surface area contributed by atoms with Crippen LogP contribution in [0.4, 0.5) is 0 Å². The first kappa shape index (κ1) is 13.6. The van der Waals surface area contributed by atoms with Crippen LogP contribution in [0.1, 0.15) is 15.9 Å². The van der Waals surface area contributed by atoms with Gasteiger partial charge >= 0.3 is 0 Å². The normalized spacial score (nSPS) is 10.0. The minimum Gasteiger partial charge on any atom is -0.508 e. The number of hydrogen-bond donors (Lipinski definition) is 2. The second-order valence-corrected chi connectivity index (χ2v) is 4.50. The highest BCUT2D eigenvalue weighted by Gasteiger charge is 2.09. The van der Waals surface area contributed by atoms with Crippen LogP contribution in [0.5, 0.6) is 5.75 Å². The molecule has 92 valence electrons. The van der Waals surface area contributed by atoms with Crippen LogP contribution in [-0.4, -0.2) is 35.4 Å². The quantitative estimate of drug-likeness (QED) is 0.778. The maximum absolute atomic E-state index is 11.7. The molecule has 1 amide bonds. The van der Waals surface area contributed by atoms with Gasteiger partial charge in [-0.1, -0.05) is 0 Å². The molecule has 0 aliphatic carbocycles. The van der Waals surface area contributed by atoms with Gasteiger partial charge in [0.1, 0.15) is 5.75 Å². The number of carbonyl (C=O) groups is 2. The van der Waals surface area contributed by atoms with E-state index in [1.54, 1.807) is 19.1 Å². The summed E-state index contributed by atoms with van der Waals surface area (Å²) < 4.78 is 0. The summed E-state index contributed by atoms with van der Waals surface area (Å²) in [6.07, 6.45) is 1.82. The van der Waals surface area contributed by atoms with Crippen molar-refractivity contribution in [1.82, 2.24) is 5.32 Å². The highest BCUT2D eigenvalue weighted by Crippen LogP contribution is 2.16. The summed E-state index contributed by atoms with van der Waals surface area (Å²) in [4.78, 5) is 22.9. The Morgan fingerprint density at radius 1 is 1.41 bits per heavy atom. The summed E-state index contributed by atoms with van der Waals surface area (Å²) >= 11 is 1.41. The molecule has 1 rings (SSSR count). The summed E-state index contributed by atoms with van der Waals surface area (Å²) in [6, 6.07) is 4.63. The number of Topliss-reactive ketones (excluding diaryl/α,β-unsaturated/α-hetero) is 1. The number of rotatable bonds is 5. The molecule has 4 nitrogen and oxygen atoms in total. The van der Waals surface area contributed by atoms with Crippen molar-refractivity contribution in [3.63, 3.8) is 0 Å². The third kappa shape index (κ3) is 4.11. The van der Waals surface area contributed by atoms with Crippen LogP contribution in [0.2, 0.25) is 0 Å². The lowest BCUT2D eigenvalue weighted by atomic mass is 10.1. The lowest BCUT2D eigenvalue weighted by Crippen LogP contribution is -2.30. The van der Waals surface area contributed by atoms with Gasteiger partial charge in [-0.25, -0.2) is 0 Å². The van der Waals surface area contributed by atoms with Gasteiger partial charge in [-0.15, -0.1) is 0 Å². The molecule has 2 N–H and O–H groups in total. The third-order valence-electron chi connectivity index (χ3n) is 2.24. The fourth-order valence-electron chi connectivity index (χ4n) is 1.29. The third-order valence-corrected chi connectivity index (χ3v) is 2.79. The number of hydrogen-bond acceptors (Lipinski definition) is 4. The molecule has 0 heterocycles. The van der Waals surface area contributed by atoms with Crippen LogP contribution >= 0.6 is 11.8 Å². The number of phenols is 1. The highest BCUT2D eigenvalue weighted by molar-refractivity contribution is 7.99. The second-order valence-electron chi connectivity index (χ2n) is 3.63. The Labute approximate surface area is 104 Å². The Kier molecular flexibility index (Phi) is 5.03. The van der Waals surface area contributed by atoms with Crippen molar-refractivity contribution in [3.05, 3.63) is 29.3 Å². The molecule has 0 aliphatic heterocycles. The molecule has 0 saturated heterocycles. The maximum Gasteiger partial charge on any atom is 0.230 e. The minimum atomic E-state index is -0.164. The predicted octanol–water partition coefficient (Wildman–Crippen LogP) is 1.36. The average molecular weight is 253 g/mol. The van der Waals surface area contributed by atoms with Gasteiger partial charge in [-0.2, -0.15) is 11.8 Å². The molecule has 1 aromatic carbocycles. The number of phenolic OH excluding ortho intramolecular Hbond substituents is 1. The van der Waals surface area contributed by atoms with E-state index in [9.17, 15) is 14.7 Å². The highest BCUT2D eigenvalue weighted by atomic mass is 32.2.